The monoisotopic (exact) mass is 391 g/mol. The number of anilines is 1. The van der Waals surface area contributed by atoms with Gasteiger partial charge in [-0.15, -0.1) is 10.2 Å². The van der Waals surface area contributed by atoms with Crippen LogP contribution in [-0.4, -0.2) is 55.2 Å². The van der Waals surface area contributed by atoms with Crippen LogP contribution in [0.25, 0.3) is 23.5 Å². The van der Waals surface area contributed by atoms with Gasteiger partial charge in [-0.2, -0.15) is 5.10 Å². The van der Waals surface area contributed by atoms with Crippen molar-refractivity contribution < 1.29 is 5.11 Å². The molecule has 1 saturated heterocycles. The fourth-order valence-corrected chi connectivity index (χ4v) is 3.61. The molecule has 4 heterocycles. The van der Waals surface area contributed by atoms with Crippen LogP contribution in [0.4, 0.5) is 5.82 Å². The quantitative estimate of drug-likeness (QED) is 0.705. The molecule has 1 fully saturated rings. The summed E-state index contributed by atoms with van der Waals surface area (Å²) in [5.41, 5.74) is 2.74. The van der Waals surface area contributed by atoms with Gasteiger partial charge in [0.25, 0.3) is 0 Å². The van der Waals surface area contributed by atoms with Gasteiger partial charge in [0.2, 0.25) is 0 Å². The van der Waals surface area contributed by atoms with Crippen molar-refractivity contribution in [2.45, 2.75) is 25.9 Å². The zero-order valence-corrected chi connectivity index (χ0v) is 16.8. The Labute approximate surface area is 169 Å². The Bertz CT molecular complexity index is 1000. The second-order valence-electron chi connectivity index (χ2n) is 7.57. The van der Waals surface area contributed by atoms with Crippen LogP contribution >= 0.6 is 0 Å². The second-order valence-corrected chi connectivity index (χ2v) is 7.57. The van der Waals surface area contributed by atoms with Crippen LogP contribution in [0.3, 0.4) is 0 Å². The number of aromatic hydroxyl groups is 1. The summed E-state index contributed by atoms with van der Waals surface area (Å²) in [6, 6.07) is 6.26. The molecule has 0 bridgehead atoms. The first kappa shape index (κ1) is 19.1. The molecule has 0 saturated carbocycles. The number of aromatic nitrogens is 5. The van der Waals surface area contributed by atoms with Crippen molar-refractivity contribution in [1.82, 2.24) is 30.3 Å². The standard InChI is InChI=1S/C21H25N7O/c1-14-11-28(12-15(2)24-14)20-7-6-18(25-26-20)21-19(29)8-16(9-22-21)4-5-17-10-23-27(3)13-17/h4-10,13-15,24,29H,11-12H2,1-3H3/b5-4+/t14-,15+. The van der Waals surface area contributed by atoms with E-state index in [0.717, 1.165) is 30.0 Å². The predicted octanol–water partition coefficient (Wildman–Crippen LogP) is 2.33. The van der Waals surface area contributed by atoms with Gasteiger partial charge in [0.05, 0.1) is 6.20 Å². The molecule has 0 aliphatic carbocycles. The normalized spacial score (nSPS) is 19.8. The van der Waals surface area contributed by atoms with E-state index < -0.39 is 0 Å². The van der Waals surface area contributed by atoms with Gasteiger partial charge in [-0.25, -0.2) is 4.98 Å². The van der Waals surface area contributed by atoms with Crippen molar-refractivity contribution in [2.75, 3.05) is 18.0 Å². The van der Waals surface area contributed by atoms with E-state index in [0.29, 0.717) is 23.5 Å². The third kappa shape index (κ3) is 4.43. The van der Waals surface area contributed by atoms with Crippen LogP contribution in [0.1, 0.15) is 25.0 Å². The van der Waals surface area contributed by atoms with E-state index in [1.54, 1.807) is 23.1 Å². The lowest BCUT2D eigenvalue weighted by Gasteiger charge is -2.36. The molecule has 3 aromatic heterocycles. The molecule has 8 nitrogen and oxygen atoms in total. The highest BCUT2D eigenvalue weighted by atomic mass is 16.3. The van der Waals surface area contributed by atoms with Gasteiger partial charge >= 0.3 is 0 Å². The lowest BCUT2D eigenvalue weighted by Crippen LogP contribution is -2.54. The SMILES string of the molecule is C[C@@H]1CN(c2ccc(-c3ncc(/C=C/c4cnn(C)c4)cc3O)nn2)C[C@H](C)N1. The lowest BCUT2D eigenvalue weighted by atomic mass is 10.1. The van der Waals surface area contributed by atoms with Crippen molar-refractivity contribution in [3.05, 3.63) is 47.9 Å². The Morgan fingerprint density at radius 3 is 2.45 bits per heavy atom. The van der Waals surface area contributed by atoms with Crippen LogP contribution in [0, 0.1) is 0 Å². The summed E-state index contributed by atoms with van der Waals surface area (Å²) in [7, 11) is 1.87. The fourth-order valence-electron chi connectivity index (χ4n) is 3.61. The van der Waals surface area contributed by atoms with Crippen LogP contribution in [0.5, 0.6) is 5.75 Å². The third-order valence-corrected chi connectivity index (χ3v) is 4.86. The van der Waals surface area contributed by atoms with Crippen LogP contribution in [-0.2, 0) is 7.05 Å². The van der Waals surface area contributed by atoms with Gasteiger partial charge in [0.1, 0.15) is 17.1 Å². The molecule has 0 amide bonds. The fraction of sp³-hybridized carbons (Fsp3) is 0.333. The molecule has 8 heteroatoms. The highest BCUT2D eigenvalue weighted by Crippen LogP contribution is 2.27. The average molecular weight is 391 g/mol. The Hall–Kier alpha value is -3.26. The maximum atomic E-state index is 10.4. The number of pyridine rings is 1. The number of hydrogen-bond donors (Lipinski definition) is 2. The number of piperazine rings is 1. The van der Waals surface area contributed by atoms with Crippen molar-refractivity contribution in [3.8, 4) is 17.1 Å². The zero-order valence-electron chi connectivity index (χ0n) is 16.8. The van der Waals surface area contributed by atoms with Crippen LogP contribution in [0.15, 0.2) is 36.8 Å². The van der Waals surface area contributed by atoms with Crippen molar-refractivity contribution in [3.63, 3.8) is 0 Å². The van der Waals surface area contributed by atoms with Gasteiger partial charge in [-0.1, -0.05) is 12.2 Å². The van der Waals surface area contributed by atoms with Gasteiger partial charge in [0.15, 0.2) is 5.82 Å². The molecule has 1 aliphatic rings. The maximum absolute atomic E-state index is 10.4. The minimum atomic E-state index is 0.0739. The van der Waals surface area contributed by atoms with Gasteiger partial charge in [-0.05, 0) is 37.6 Å². The number of hydrogen-bond acceptors (Lipinski definition) is 7. The summed E-state index contributed by atoms with van der Waals surface area (Å²) in [5.74, 6) is 0.911. The van der Waals surface area contributed by atoms with E-state index in [1.807, 2.05) is 37.5 Å². The summed E-state index contributed by atoms with van der Waals surface area (Å²) in [5, 5.41) is 26.7. The molecular weight excluding hydrogens is 366 g/mol. The van der Waals surface area contributed by atoms with Gasteiger partial charge in [0, 0.05) is 50.2 Å². The summed E-state index contributed by atoms with van der Waals surface area (Å²) >= 11 is 0. The lowest BCUT2D eigenvalue weighted by molar-refractivity contribution is 0.404. The molecule has 4 rings (SSSR count). The molecule has 0 radical (unpaired) electrons. The molecule has 2 N–H and O–H groups in total. The van der Waals surface area contributed by atoms with Crippen molar-refractivity contribution in [1.29, 1.82) is 0 Å². The molecule has 0 aromatic carbocycles. The van der Waals surface area contributed by atoms with E-state index in [2.05, 4.69) is 44.3 Å². The van der Waals surface area contributed by atoms with E-state index in [4.69, 9.17) is 0 Å². The smallest absolute Gasteiger partial charge is 0.151 e. The first-order valence-corrected chi connectivity index (χ1v) is 9.69. The Balaban J connectivity index is 1.50. The Morgan fingerprint density at radius 1 is 1.07 bits per heavy atom. The second kappa shape index (κ2) is 8.00. The number of rotatable bonds is 4. The molecule has 2 atom stereocenters. The van der Waals surface area contributed by atoms with Gasteiger partial charge < -0.3 is 15.3 Å². The first-order valence-electron chi connectivity index (χ1n) is 9.69. The summed E-state index contributed by atoms with van der Waals surface area (Å²) < 4.78 is 1.74. The molecule has 150 valence electrons. The highest BCUT2D eigenvalue weighted by Gasteiger charge is 2.22. The Morgan fingerprint density at radius 2 is 1.83 bits per heavy atom. The molecule has 1 aliphatic heterocycles. The van der Waals surface area contributed by atoms with Crippen LogP contribution in [0.2, 0.25) is 0 Å². The van der Waals surface area contributed by atoms with Crippen LogP contribution < -0.4 is 10.2 Å². The maximum Gasteiger partial charge on any atom is 0.151 e. The minimum absolute atomic E-state index is 0.0739. The molecule has 3 aromatic rings. The summed E-state index contributed by atoms with van der Waals surface area (Å²) in [4.78, 5) is 6.61. The first-order chi connectivity index (χ1) is 14.0. The van der Waals surface area contributed by atoms with E-state index >= 15 is 0 Å². The largest absolute Gasteiger partial charge is 0.506 e. The molecular formula is C21H25N7O. The summed E-state index contributed by atoms with van der Waals surface area (Å²) in [6.45, 7) is 6.10. The molecule has 0 unspecified atom stereocenters. The highest BCUT2D eigenvalue weighted by molar-refractivity contribution is 5.72. The van der Waals surface area contributed by atoms with E-state index in [-0.39, 0.29) is 5.75 Å². The van der Waals surface area contributed by atoms with Crippen molar-refractivity contribution >= 4 is 18.0 Å². The van der Waals surface area contributed by atoms with Crippen molar-refractivity contribution in [2.24, 2.45) is 7.05 Å². The predicted molar refractivity (Wildman–Crippen MR) is 113 cm³/mol. The van der Waals surface area contributed by atoms with E-state index in [9.17, 15) is 5.11 Å². The Kier molecular flexibility index (Phi) is 5.26. The van der Waals surface area contributed by atoms with Gasteiger partial charge in [-0.3, -0.25) is 4.68 Å². The number of aryl methyl sites for hydroxylation is 1. The number of nitrogens with zero attached hydrogens (tertiary/aromatic N) is 6. The summed E-state index contributed by atoms with van der Waals surface area (Å²) in [6.07, 6.45) is 9.20. The molecule has 0 spiro atoms. The topological polar surface area (TPSA) is 92.0 Å². The minimum Gasteiger partial charge on any atom is -0.506 e. The van der Waals surface area contributed by atoms with E-state index in [1.165, 1.54) is 0 Å². The zero-order chi connectivity index (χ0) is 20.4. The molecule has 29 heavy (non-hydrogen) atoms. The number of nitrogens with one attached hydrogen (secondary N) is 1. The third-order valence-electron chi connectivity index (χ3n) is 4.86. The average Bonchev–Trinajstić information content (AvgIpc) is 3.11.